The van der Waals surface area contributed by atoms with Gasteiger partial charge in [0.15, 0.2) is 17.0 Å². The van der Waals surface area contributed by atoms with Gasteiger partial charge in [-0.05, 0) is 23.7 Å². The highest BCUT2D eigenvalue weighted by Crippen LogP contribution is 2.29. The van der Waals surface area contributed by atoms with Crippen LogP contribution in [0.15, 0.2) is 40.8 Å². The van der Waals surface area contributed by atoms with E-state index in [1.54, 1.807) is 30.3 Å². The van der Waals surface area contributed by atoms with E-state index in [0.717, 1.165) is 0 Å². The Balaban J connectivity index is 2.25. The fourth-order valence-corrected chi connectivity index (χ4v) is 2.12. The molecule has 2 amide bonds. The average molecular weight is 313 g/mol. The Morgan fingerprint density at radius 3 is 2.35 bits per heavy atom. The Morgan fingerprint density at radius 1 is 1.20 bits per heavy atom. The molecule has 1 heterocycles. The lowest BCUT2D eigenvalue weighted by Crippen LogP contribution is -2.37. The molecule has 5 nitrogen and oxygen atoms in total. The fraction of sp³-hybridized carbons (Fsp3) is 0.0769. The van der Waals surface area contributed by atoms with Gasteiger partial charge in [-0.15, -0.1) is 0 Å². The molecule has 0 fully saturated rings. The third-order valence-electron chi connectivity index (χ3n) is 2.54. The number of furan rings is 1. The van der Waals surface area contributed by atoms with Crippen molar-refractivity contribution in [3.8, 4) is 0 Å². The normalized spacial score (nSPS) is 11.9. The van der Waals surface area contributed by atoms with Crippen LogP contribution in [0.5, 0.6) is 0 Å². The maximum Gasteiger partial charge on any atom is 0.252 e. The van der Waals surface area contributed by atoms with Gasteiger partial charge in [0.1, 0.15) is 0 Å². The Morgan fingerprint density at radius 2 is 1.85 bits per heavy atom. The van der Waals surface area contributed by atoms with Gasteiger partial charge < -0.3 is 15.5 Å². The van der Waals surface area contributed by atoms with Crippen LogP contribution in [0.3, 0.4) is 0 Å². The number of halogens is 2. The lowest BCUT2D eigenvalue weighted by molar-refractivity contribution is -0.120. The molecule has 0 radical (unpaired) electrons. The van der Waals surface area contributed by atoms with Crippen LogP contribution in [-0.4, -0.2) is 11.8 Å². The molecule has 0 bridgehead atoms. The smallest absolute Gasteiger partial charge is 0.252 e. The fourth-order valence-electron chi connectivity index (χ4n) is 1.62. The molecule has 0 saturated carbocycles. The van der Waals surface area contributed by atoms with Crippen LogP contribution >= 0.6 is 23.2 Å². The molecule has 0 spiro atoms. The number of carbonyl (C=O) groups excluding carboxylic acids is 2. The molecule has 0 aliphatic heterocycles. The molecule has 1 atom stereocenters. The molecular weight excluding hydrogens is 303 g/mol. The predicted molar refractivity (Wildman–Crippen MR) is 74.6 cm³/mol. The Labute approximate surface area is 124 Å². The summed E-state index contributed by atoms with van der Waals surface area (Å²) in [5.41, 5.74) is 5.64. The molecule has 3 N–H and O–H groups in total. The van der Waals surface area contributed by atoms with E-state index >= 15 is 0 Å². The van der Waals surface area contributed by atoms with Crippen molar-refractivity contribution in [2.45, 2.75) is 6.04 Å². The first-order valence-corrected chi connectivity index (χ1v) is 6.34. The molecule has 7 heteroatoms. The van der Waals surface area contributed by atoms with E-state index in [-0.39, 0.29) is 16.0 Å². The van der Waals surface area contributed by atoms with Gasteiger partial charge in [-0.2, -0.15) is 0 Å². The van der Waals surface area contributed by atoms with E-state index in [1.807, 2.05) is 0 Å². The summed E-state index contributed by atoms with van der Waals surface area (Å²) in [5.74, 6) is -1.27. The van der Waals surface area contributed by atoms with Crippen molar-refractivity contribution in [2.24, 2.45) is 5.73 Å². The summed E-state index contributed by atoms with van der Waals surface area (Å²) in [5, 5.41) is 2.58. The van der Waals surface area contributed by atoms with Gasteiger partial charge >= 0.3 is 0 Å². The van der Waals surface area contributed by atoms with Crippen LogP contribution in [0, 0.1) is 0 Å². The zero-order valence-corrected chi connectivity index (χ0v) is 11.6. The molecular formula is C13H10Cl2N2O3. The third kappa shape index (κ3) is 3.12. The quantitative estimate of drug-likeness (QED) is 0.909. The van der Waals surface area contributed by atoms with Crippen molar-refractivity contribution in [1.29, 1.82) is 0 Å². The van der Waals surface area contributed by atoms with Crippen molar-refractivity contribution in [2.75, 3.05) is 0 Å². The number of rotatable bonds is 4. The van der Waals surface area contributed by atoms with Gasteiger partial charge in [-0.3, -0.25) is 9.59 Å². The summed E-state index contributed by atoms with van der Waals surface area (Å²) < 4.78 is 5.09. The number of hydrogen-bond donors (Lipinski definition) is 2. The minimum atomic E-state index is -1.19. The van der Waals surface area contributed by atoms with E-state index < -0.39 is 17.9 Å². The molecule has 20 heavy (non-hydrogen) atoms. The van der Waals surface area contributed by atoms with Crippen LogP contribution in [0.2, 0.25) is 10.2 Å². The summed E-state index contributed by atoms with van der Waals surface area (Å²) in [7, 11) is 0. The van der Waals surface area contributed by atoms with Crippen LogP contribution in [-0.2, 0) is 4.79 Å². The minimum absolute atomic E-state index is 0.00482. The second-order valence-electron chi connectivity index (χ2n) is 3.94. The molecule has 104 valence electrons. The third-order valence-corrected chi connectivity index (χ3v) is 3.02. The van der Waals surface area contributed by atoms with Crippen molar-refractivity contribution >= 4 is 35.0 Å². The van der Waals surface area contributed by atoms with Gasteiger partial charge in [0.2, 0.25) is 5.91 Å². The predicted octanol–water partition coefficient (Wildman–Crippen LogP) is 2.54. The molecule has 1 aromatic heterocycles. The van der Waals surface area contributed by atoms with Gasteiger partial charge in [0.05, 0.1) is 5.02 Å². The number of nitrogens with two attached hydrogens (primary N) is 1. The average Bonchev–Trinajstić information content (AvgIpc) is 2.75. The number of benzene rings is 1. The number of primary amides is 1. The lowest BCUT2D eigenvalue weighted by Gasteiger charge is -2.13. The number of hydrogen-bond acceptors (Lipinski definition) is 3. The highest BCUT2D eigenvalue weighted by atomic mass is 35.5. The second kappa shape index (κ2) is 5.98. The highest BCUT2D eigenvalue weighted by Gasteiger charge is 2.27. The van der Waals surface area contributed by atoms with E-state index in [4.69, 9.17) is 33.4 Å². The summed E-state index contributed by atoms with van der Waals surface area (Å²) in [6.45, 7) is 0. The first kappa shape index (κ1) is 14.4. The molecule has 1 unspecified atom stereocenters. The number of amides is 2. The molecule has 0 aliphatic carbocycles. The Kier molecular flexibility index (Phi) is 4.32. The van der Waals surface area contributed by atoms with Crippen molar-refractivity contribution in [1.82, 2.24) is 5.32 Å². The molecule has 1 aromatic carbocycles. The largest absolute Gasteiger partial charge is 0.445 e. The van der Waals surface area contributed by atoms with Crippen molar-refractivity contribution < 1.29 is 14.0 Å². The van der Waals surface area contributed by atoms with Gasteiger partial charge in [0, 0.05) is 11.6 Å². The van der Waals surface area contributed by atoms with E-state index in [0.29, 0.717) is 5.56 Å². The number of carbonyl (C=O) groups is 2. The van der Waals surface area contributed by atoms with E-state index in [2.05, 4.69) is 5.32 Å². The van der Waals surface area contributed by atoms with E-state index in [1.165, 1.54) is 6.07 Å². The van der Waals surface area contributed by atoms with Crippen LogP contribution in [0.25, 0.3) is 0 Å². The topological polar surface area (TPSA) is 85.3 Å². The van der Waals surface area contributed by atoms with Gasteiger partial charge in [0.25, 0.3) is 5.91 Å². The molecule has 2 aromatic rings. The summed E-state index contributed by atoms with van der Waals surface area (Å²) in [6.07, 6.45) is 0. The standard InChI is InChI=1S/C13H10Cl2N2O3/c14-8-6-9(15)20-11(8)10(12(16)18)17-13(19)7-4-2-1-3-5-7/h1-6,10H,(H2,16,18)(H,17,19). The zero-order chi connectivity index (χ0) is 14.7. The van der Waals surface area contributed by atoms with Crippen LogP contribution in [0.4, 0.5) is 0 Å². The molecule has 0 saturated heterocycles. The second-order valence-corrected chi connectivity index (χ2v) is 4.72. The van der Waals surface area contributed by atoms with Crippen molar-refractivity contribution in [3.63, 3.8) is 0 Å². The Hall–Kier alpha value is -1.98. The molecule has 2 rings (SSSR count). The first-order valence-electron chi connectivity index (χ1n) is 5.59. The van der Waals surface area contributed by atoms with E-state index in [9.17, 15) is 9.59 Å². The molecule has 0 aliphatic rings. The monoisotopic (exact) mass is 312 g/mol. The lowest BCUT2D eigenvalue weighted by atomic mass is 10.1. The first-order chi connectivity index (χ1) is 9.49. The zero-order valence-electron chi connectivity index (χ0n) is 10.1. The maximum absolute atomic E-state index is 12.0. The minimum Gasteiger partial charge on any atom is -0.445 e. The maximum atomic E-state index is 12.0. The number of nitrogens with one attached hydrogen (secondary N) is 1. The van der Waals surface area contributed by atoms with Gasteiger partial charge in [-0.1, -0.05) is 29.8 Å². The summed E-state index contributed by atoms with van der Waals surface area (Å²) in [4.78, 5) is 23.5. The van der Waals surface area contributed by atoms with Crippen molar-refractivity contribution in [3.05, 3.63) is 58.0 Å². The summed E-state index contributed by atoms with van der Waals surface area (Å²) in [6, 6.07) is 8.50. The van der Waals surface area contributed by atoms with Crippen LogP contribution in [0.1, 0.15) is 22.2 Å². The van der Waals surface area contributed by atoms with Crippen LogP contribution < -0.4 is 11.1 Å². The highest BCUT2D eigenvalue weighted by molar-refractivity contribution is 6.34. The Bertz CT molecular complexity index is 640. The van der Waals surface area contributed by atoms with Gasteiger partial charge in [-0.25, -0.2) is 0 Å². The summed E-state index contributed by atoms with van der Waals surface area (Å²) >= 11 is 11.5. The SMILES string of the molecule is NC(=O)C(NC(=O)c1ccccc1)c1oc(Cl)cc1Cl.